The van der Waals surface area contributed by atoms with Crippen molar-refractivity contribution < 1.29 is 4.74 Å². The van der Waals surface area contributed by atoms with Crippen LogP contribution in [0.3, 0.4) is 0 Å². The molecule has 5 heteroatoms. The summed E-state index contributed by atoms with van der Waals surface area (Å²) >= 11 is 0. The average Bonchev–Trinajstić information content (AvgIpc) is 2.89. The molecule has 0 fully saturated rings. The first kappa shape index (κ1) is 27.5. The van der Waals surface area contributed by atoms with E-state index in [0.717, 1.165) is 29.9 Å². The minimum Gasteiger partial charge on any atom is -0.494 e. The van der Waals surface area contributed by atoms with Crippen molar-refractivity contribution in [2.45, 2.75) is 46.0 Å². The van der Waals surface area contributed by atoms with E-state index in [0.29, 0.717) is 18.7 Å². The summed E-state index contributed by atoms with van der Waals surface area (Å²) in [6.45, 7) is 6.98. The number of hydrogen-bond acceptors (Lipinski definition) is 5. The Labute approximate surface area is 210 Å². The number of benzene rings is 1. The zero-order chi connectivity index (χ0) is 25.3. The second kappa shape index (κ2) is 16.0. The van der Waals surface area contributed by atoms with Gasteiger partial charge < -0.3 is 15.9 Å². The van der Waals surface area contributed by atoms with Crippen LogP contribution in [0.4, 0.5) is 0 Å². The van der Waals surface area contributed by atoms with Crippen molar-refractivity contribution in [2.24, 2.45) is 16.9 Å². The van der Waals surface area contributed by atoms with E-state index in [9.17, 15) is 0 Å². The van der Waals surface area contributed by atoms with E-state index in [1.165, 1.54) is 5.56 Å². The molecule has 0 aliphatic heterocycles. The van der Waals surface area contributed by atoms with Gasteiger partial charge in [-0.15, -0.1) is 0 Å². The number of hydrogen-bond donors (Lipinski definition) is 2. The molecule has 2 aromatic rings. The molecule has 1 heterocycles. The number of aryl methyl sites for hydroxylation is 1. The summed E-state index contributed by atoms with van der Waals surface area (Å²) in [5.41, 5.74) is 4.13. The van der Waals surface area contributed by atoms with E-state index < -0.39 is 0 Å². The number of ether oxygens (including phenoxy) is 1. The number of hydrazone groups is 1. The summed E-state index contributed by atoms with van der Waals surface area (Å²) in [6, 6.07) is 14.2. The molecule has 184 valence electrons. The molecule has 1 aromatic carbocycles. The smallest absolute Gasteiger partial charge is 0.119 e. The van der Waals surface area contributed by atoms with E-state index in [2.05, 4.69) is 53.2 Å². The highest BCUT2D eigenvalue weighted by atomic mass is 16.5. The van der Waals surface area contributed by atoms with Crippen LogP contribution in [0.5, 0.6) is 5.75 Å². The van der Waals surface area contributed by atoms with Gasteiger partial charge in [-0.25, -0.2) is 0 Å². The lowest BCUT2D eigenvalue weighted by molar-refractivity contribution is 0.310. The summed E-state index contributed by atoms with van der Waals surface area (Å²) in [5.74, 6) is 13.2. The van der Waals surface area contributed by atoms with Crippen LogP contribution in [0.2, 0.25) is 0 Å². The topological polar surface area (TPSA) is 72.5 Å². The molecule has 35 heavy (non-hydrogen) atoms. The van der Waals surface area contributed by atoms with Gasteiger partial charge in [-0.2, -0.15) is 5.10 Å². The highest BCUT2D eigenvalue weighted by Crippen LogP contribution is 2.28. The van der Waals surface area contributed by atoms with E-state index >= 15 is 0 Å². The maximum absolute atomic E-state index is 6.00. The Balaban J connectivity index is 1.89. The molecule has 0 aliphatic carbocycles. The monoisotopic (exact) mass is 470 g/mol. The summed E-state index contributed by atoms with van der Waals surface area (Å²) in [6.07, 6.45) is 14.3. The van der Waals surface area contributed by atoms with Crippen LogP contribution < -0.4 is 15.9 Å². The average molecular weight is 471 g/mol. The van der Waals surface area contributed by atoms with E-state index in [4.69, 9.17) is 10.6 Å². The van der Waals surface area contributed by atoms with Crippen molar-refractivity contribution in [3.05, 3.63) is 96.0 Å². The number of pyridine rings is 1. The molecule has 0 aliphatic rings. The molecule has 0 radical (unpaired) electrons. The third-order valence-electron chi connectivity index (χ3n) is 5.72. The molecule has 0 bridgehead atoms. The van der Waals surface area contributed by atoms with Crippen LogP contribution in [0.15, 0.2) is 89.8 Å². The Bertz CT molecular complexity index is 1070. The summed E-state index contributed by atoms with van der Waals surface area (Å²) in [5, 5.41) is 6.96. The van der Waals surface area contributed by atoms with Crippen LogP contribution in [0.1, 0.15) is 50.8 Å². The third-order valence-corrected chi connectivity index (χ3v) is 5.72. The minimum atomic E-state index is 0.0877. The van der Waals surface area contributed by atoms with Crippen LogP contribution in [0, 0.1) is 17.8 Å². The first-order chi connectivity index (χ1) is 17.0. The molecular formula is C30H38N4O. The highest BCUT2D eigenvalue weighted by Gasteiger charge is 2.19. The predicted octanol–water partition coefficient (Wildman–Crippen LogP) is 5.78. The van der Waals surface area contributed by atoms with Gasteiger partial charge in [0, 0.05) is 31.3 Å². The predicted molar refractivity (Wildman–Crippen MR) is 147 cm³/mol. The van der Waals surface area contributed by atoms with E-state index in [-0.39, 0.29) is 11.8 Å². The fraction of sp³-hybridized carbons (Fsp3) is 0.333. The van der Waals surface area contributed by atoms with Gasteiger partial charge in [0.1, 0.15) is 11.5 Å². The van der Waals surface area contributed by atoms with Gasteiger partial charge in [0.2, 0.25) is 0 Å². The second-order valence-corrected chi connectivity index (χ2v) is 8.40. The van der Waals surface area contributed by atoms with Crippen LogP contribution in [-0.2, 0) is 6.42 Å². The molecule has 2 rings (SSSR count). The number of nitrogens with one attached hydrogen (secondary N) is 1. The quantitative estimate of drug-likeness (QED) is 0.103. The van der Waals surface area contributed by atoms with Crippen molar-refractivity contribution in [2.75, 3.05) is 13.7 Å². The molecule has 0 saturated carbocycles. The van der Waals surface area contributed by atoms with Crippen molar-refractivity contribution in [1.29, 1.82) is 0 Å². The standard InChI is InChI=1S/C30H38N4O/c1-24(19-21-32-4)13-7-5-6-8-18-30(34-31)26(3)25(2)27-14-11-17-29(23-27)35-22-12-16-28-15-9-10-20-33-28/h5,7,9-11,13-15,17,19-21,23,25-26,32H,6,12,16,22,31H2,1-4H3/b7-5+,21-19-,24-13-,34-30+/t25?,26-/m1/s1. The van der Waals surface area contributed by atoms with Crippen LogP contribution in [0.25, 0.3) is 0 Å². The van der Waals surface area contributed by atoms with Crippen molar-refractivity contribution >= 4 is 5.71 Å². The Kier molecular flexibility index (Phi) is 12.5. The van der Waals surface area contributed by atoms with Crippen LogP contribution >= 0.6 is 0 Å². The Morgan fingerprint density at radius 1 is 1.23 bits per heavy atom. The molecule has 5 nitrogen and oxygen atoms in total. The first-order valence-electron chi connectivity index (χ1n) is 12.1. The minimum absolute atomic E-state index is 0.0877. The summed E-state index contributed by atoms with van der Waals surface area (Å²) in [4.78, 5) is 4.36. The van der Waals surface area contributed by atoms with Gasteiger partial charge in [-0.1, -0.05) is 56.2 Å². The van der Waals surface area contributed by atoms with Gasteiger partial charge >= 0.3 is 0 Å². The van der Waals surface area contributed by atoms with Crippen LogP contribution in [-0.4, -0.2) is 24.4 Å². The van der Waals surface area contributed by atoms with E-state index in [1.807, 2.05) is 81.0 Å². The first-order valence-corrected chi connectivity index (χ1v) is 12.1. The number of rotatable bonds is 12. The van der Waals surface area contributed by atoms with Gasteiger partial charge in [0.05, 0.1) is 6.61 Å². The lowest BCUT2D eigenvalue weighted by Gasteiger charge is -2.20. The Morgan fingerprint density at radius 2 is 2.09 bits per heavy atom. The lowest BCUT2D eigenvalue weighted by Crippen LogP contribution is -2.18. The van der Waals surface area contributed by atoms with Crippen molar-refractivity contribution in [3.8, 4) is 17.6 Å². The normalized spacial score (nSPS) is 13.9. The number of aromatic nitrogens is 1. The third kappa shape index (κ3) is 10.4. The largest absolute Gasteiger partial charge is 0.494 e. The second-order valence-electron chi connectivity index (χ2n) is 8.40. The Hall–Kier alpha value is -3.78. The van der Waals surface area contributed by atoms with E-state index in [1.54, 1.807) is 0 Å². The Morgan fingerprint density at radius 3 is 2.83 bits per heavy atom. The molecule has 2 atom stereocenters. The molecule has 0 saturated heterocycles. The SMILES string of the molecule is CN\C=C/C(C)=C\C=C\CC#C/C(=N\N)[C@H](C)C(C)c1cccc(OCCCc2ccccn2)c1. The van der Waals surface area contributed by atoms with Crippen molar-refractivity contribution in [3.63, 3.8) is 0 Å². The number of nitrogens with two attached hydrogens (primary N) is 1. The van der Waals surface area contributed by atoms with Gasteiger partial charge in [-0.05, 0) is 79.3 Å². The summed E-state index contributed by atoms with van der Waals surface area (Å²) < 4.78 is 6.00. The molecule has 3 N–H and O–H groups in total. The maximum atomic E-state index is 6.00. The van der Waals surface area contributed by atoms with Gasteiger partial charge in [-0.3, -0.25) is 4.98 Å². The van der Waals surface area contributed by atoms with Crippen molar-refractivity contribution in [1.82, 2.24) is 10.3 Å². The highest BCUT2D eigenvalue weighted by molar-refractivity contribution is 6.02. The summed E-state index contributed by atoms with van der Waals surface area (Å²) in [7, 11) is 1.88. The fourth-order valence-electron chi connectivity index (χ4n) is 3.42. The van der Waals surface area contributed by atoms with Gasteiger partial charge in [0.15, 0.2) is 0 Å². The van der Waals surface area contributed by atoms with Gasteiger partial charge in [0.25, 0.3) is 0 Å². The molecular weight excluding hydrogens is 432 g/mol. The molecule has 1 aromatic heterocycles. The zero-order valence-electron chi connectivity index (χ0n) is 21.4. The molecule has 0 spiro atoms. The zero-order valence-corrected chi connectivity index (χ0v) is 21.4. The molecule has 0 amide bonds. The number of nitrogens with zero attached hydrogens (tertiary/aromatic N) is 2. The fourth-order valence-corrected chi connectivity index (χ4v) is 3.42. The maximum Gasteiger partial charge on any atom is 0.119 e. The number of allylic oxidation sites excluding steroid dienone is 5. The lowest BCUT2D eigenvalue weighted by atomic mass is 9.85. The molecule has 1 unspecified atom stereocenters.